The van der Waals surface area contributed by atoms with Crippen molar-refractivity contribution in [1.29, 1.82) is 0 Å². The molecule has 2 aliphatic heterocycles. The summed E-state index contributed by atoms with van der Waals surface area (Å²) in [5.41, 5.74) is 1.70. The number of carbonyl (C=O) groups excluding carboxylic acids is 2. The van der Waals surface area contributed by atoms with E-state index in [1.165, 1.54) is 11.8 Å². The molecule has 0 aliphatic carbocycles. The van der Waals surface area contributed by atoms with Gasteiger partial charge in [0.2, 0.25) is 5.91 Å². The molecule has 2 aliphatic rings. The fourth-order valence-corrected chi connectivity index (χ4v) is 4.09. The summed E-state index contributed by atoms with van der Waals surface area (Å²) < 4.78 is 0. The van der Waals surface area contributed by atoms with Crippen LogP contribution in [0.4, 0.5) is 0 Å². The third kappa shape index (κ3) is 2.33. The molecule has 1 N–H and O–H groups in total. The average molecular weight is 317 g/mol. The van der Waals surface area contributed by atoms with Gasteiger partial charge in [0.05, 0.1) is 17.4 Å². The van der Waals surface area contributed by atoms with Crippen molar-refractivity contribution in [2.24, 2.45) is 5.92 Å². The highest BCUT2D eigenvalue weighted by Crippen LogP contribution is 2.43. The van der Waals surface area contributed by atoms with Crippen molar-refractivity contribution in [1.82, 2.24) is 4.90 Å². The molecule has 1 atom stereocenters. The number of aryl methyl sites for hydroxylation is 1. The van der Waals surface area contributed by atoms with Crippen molar-refractivity contribution in [3.63, 3.8) is 0 Å². The number of carboxylic acid groups (broad SMARTS) is 1. The van der Waals surface area contributed by atoms with Gasteiger partial charge in [-0.1, -0.05) is 24.3 Å². The van der Waals surface area contributed by atoms with E-state index >= 15 is 0 Å². The minimum atomic E-state index is -1.07. The average Bonchev–Trinajstić information content (AvgIpc) is 3.02. The second-order valence-electron chi connectivity index (χ2n) is 5.35. The summed E-state index contributed by atoms with van der Waals surface area (Å²) in [6, 6.07) is 7.17. The molecule has 0 radical (unpaired) electrons. The molecule has 1 amide bonds. The van der Waals surface area contributed by atoms with Gasteiger partial charge in [0.25, 0.3) is 0 Å². The second-order valence-corrected chi connectivity index (χ2v) is 6.44. The molecule has 1 aromatic carbocycles. The topological polar surface area (TPSA) is 74.7 Å². The van der Waals surface area contributed by atoms with Gasteiger partial charge >= 0.3 is 5.97 Å². The molecule has 1 saturated heterocycles. The molecular formula is C16H15NO4S. The number of carboxylic acids is 1. The van der Waals surface area contributed by atoms with Crippen LogP contribution in [-0.4, -0.2) is 40.0 Å². The molecule has 0 bridgehead atoms. The Balaban J connectivity index is 2.06. The number of fused-ring (bicyclic) bond motifs is 1. The van der Waals surface area contributed by atoms with E-state index in [0.29, 0.717) is 22.7 Å². The first-order chi connectivity index (χ1) is 10.5. The first-order valence-corrected chi connectivity index (χ1v) is 7.99. The monoisotopic (exact) mass is 317 g/mol. The second kappa shape index (κ2) is 5.61. The van der Waals surface area contributed by atoms with Crippen molar-refractivity contribution in [3.8, 4) is 0 Å². The molecule has 0 spiro atoms. The van der Waals surface area contributed by atoms with E-state index in [4.69, 9.17) is 5.11 Å². The fraction of sp³-hybridized carbons (Fsp3) is 0.312. The van der Waals surface area contributed by atoms with Gasteiger partial charge < -0.3 is 10.0 Å². The van der Waals surface area contributed by atoms with Gasteiger partial charge in [-0.2, -0.15) is 0 Å². The Bertz CT molecular complexity index is 710. The highest BCUT2D eigenvalue weighted by Gasteiger charge is 2.46. The lowest BCUT2D eigenvalue weighted by Crippen LogP contribution is -2.29. The van der Waals surface area contributed by atoms with E-state index in [9.17, 15) is 14.4 Å². The van der Waals surface area contributed by atoms with Crippen molar-refractivity contribution in [2.45, 2.75) is 13.3 Å². The van der Waals surface area contributed by atoms with Crippen LogP contribution in [0.5, 0.6) is 0 Å². The highest BCUT2D eigenvalue weighted by molar-refractivity contribution is 8.03. The van der Waals surface area contributed by atoms with E-state index in [0.717, 1.165) is 11.3 Å². The number of carbonyl (C=O) groups is 3. The van der Waals surface area contributed by atoms with Crippen molar-refractivity contribution >= 4 is 29.4 Å². The first-order valence-electron chi connectivity index (χ1n) is 7.01. The minimum absolute atomic E-state index is 0.232. The van der Waals surface area contributed by atoms with Gasteiger partial charge in [0, 0.05) is 23.4 Å². The van der Waals surface area contributed by atoms with Crippen LogP contribution in [0, 0.1) is 12.8 Å². The molecular weight excluding hydrogens is 302 g/mol. The lowest BCUT2D eigenvalue weighted by Gasteiger charge is -2.13. The Morgan fingerprint density at radius 2 is 2.09 bits per heavy atom. The molecule has 22 heavy (non-hydrogen) atoms. The number of hydrogen-bond donors (Lipinski definition) is 1. The Kier molecular flexibility index (Phi) is 3.78. The van der Waals surface area contributed by atoms with Crippen LogP contribution >= 0.6 is 11.8 Å². The van der Waals surface area contributed by atoms with Crippen LogP contribution in [0.2, 0.25) is 0 Å². The molecule has 0 aromatic heterocycles. The lowest BCUT2D eigenvalue weighted by atomic mass is 9.90. The predicted molar refractivity (Wildman–Crippen MR) is 82.4 cm³/mol. The number of benzene rings is 1. The van der Waals surface area contributed by atoms with Gasteiger partial charge in [0.15, 0.2) is 5.78 Å². The van der Waals surface area contributed by atoms with Crippen molar-refractivity contribution < 1.29 is 19.5 Å². The van der Waals surface area contributed by atoms with Gasteiger partial charge in [-0.25, -0.2) is 0 Å². The molecule has 6 heteroatoms. The maximum atomic E-state index is 12.9. The molecule has 5 nitrogen and oxygen atoms in total. The summed E-state index contributed by atoms with van der Waals surface area (Å²) in [7, 11) is 0. The van der Waals surface area contributed by atoms with Crippen LogP contribution in [0.25, 0.3) is 0 Å². The number of amides is 1. The zero-order chi connectivity index (χ0) is 15.9. The van der Waals surface area contributed by atoms with Gasteiger partial charge in [-0.05, 0) is 12.5 Å². The predicted octanol–water partition coefficient (Wildman–Crippen LogP) is 2.07. The molecule has 1 aromatic rings. The molecule has 114 valence electrons. The first kappa shape index (κ1) is 14.8. The summed E-state index contributed by atoms with van der Waals surface area (Å²) in [6.45, 7) is 2.38. The zero-order valence-corrected chi connectivity index (χ0v) is 12.9. The Labute approximate surface area is 132 Å². The maximum absolute atomic E-state index is 12.9. The normalized spacial score (nSPS) is 20.5. The lowest BCUT2D eigenvalue weighted by molar-refractivity contribution is -0.141. The number of rotatable bonds is 4. The van der Waals surface area contributed by atoms with E-state index < -0.39 is 11.9 Å². The molecule has 2 heterocycles. The smallest absolute Gasteiger partial charge is 0.304 e. The van der Waals surface area contributed by atoms with Crippen LogP contribution < -0.4 is 0 Å². The summed E-state index contributed by atoms with van der Waals surface area (Å²) in [5.74, 6) is -1.69. The van der Waals surface area contributed by atoms with Gasteiger partial charge in [0.1, 0.15) is 0 Å². The highest BCUT2D eigenvalue weighted by atomic mass is 32.2. The van der Waals surface area contributed by atoms with Crippen molar-refractivity contribution in [3.05, 3.63) is 46.0 Å². The SMILES string of the molecule is Cc1ccccc1C(=O)C1=C2SCCN2C(=O)[C@H]1CC(=O)O. The number of aliphatic carboxylic acids is 1. The third-order valence-corrected chi connectivity index (χ3v) is 5.06. The van der Waals surface area contributed by atoms with Gasteiger partial charge in [-0.3, -0.25) is 14.4 Å². The Morgan fingerprint density at radius 3 is 2.77 bits per heavy atom. The molecule has 0 saturated carbocycles. The molecule has 0 unspecified atom stereocenters. The van der Waals surface area contributed by atoms with Crippen LogP contribution in [-0.2, 0) is 9.59 Å². The van der Waals surface area contributed by atoms with E-state index in [-0.39, 0.29) is 18.1 Å². The number of ketones is 1. The summed E-state index contributed by atoms with van der Waals surface area (Å²) in [6.07, 6.45) is -0.341. The van der Waals surface area contributed by atoms with Crippen LogP contribution in [0.15, 0.2) is 34.9 Å². The largest absolute Gasteiger partial charge is 0.481 e. The number of hydrogen-bond acceptors (Lipinski definition) is 4. The van der Waals surface area contributed by atoms with Crippen LogP contribution in [0.1, 0.15) is 22.3 Å². The third-order valence-electron chi connectivity index (χ3n) is 3.95. The number of Topliss-reactive ketones (excluding diaryl/α,β-unsaturated/α-hetero) is 1. The molecule has 1 fully saturated rings. The summed E-state index contributed by atoms with van der Waals surface area (Å²) in [4.78, 5) is 38.0. The van der Waals surface area contributed by atoms with E-state index in [1.807, 2.05) is 19.1 Å². The minimum Gasteiger partial charge on any atom is -0.481 e. The van der Waals surface area contributed by atoms with Crippen LogP contribution in [0.3, 0.4) is 0 Å². The number of thioether (sulfide) groups is 1. The van der Waals surface area contributed by atoms with E-state index in [1.54, 1.807) is 17.0 Å². The summed E-state index contributed by atoms with van der Waals surface area (Å²) >= 11 is 1.46. The summed E-state index contributed by atoms with van der Waals surface area (Å²) in [5, 5.41) is 9.71. The molecule has 3 rings (SSSR count). The van der Waals surface area contributed by atoms with Crippen molar-refractivity contribution in [2.75, 3.05) is 12.3 Å². The zero-order valence-electron chi connectivity index (χ0n) is 12.0. The van der Waals surface area contributed by atoms with E-state index in [2.05, 4.69) is 0 Å². The van der Waals surface area contributed by atoms with Gasteiger partial charge in [-0.15, -0.1) is 11.8 Å². The quantitative estimate of drug-likeness (QED) is 0.861. The number of nitrogens with zero attached hydrogens (tertiary/aromatic N) is 1. The Hall–Kier alpha value is -2.08. The standard InChI is InChI=1S/C16H15NO4S/c1-9-4-2-3-5-10(9)14(20)13-11(8-12(18)19)15(21)17-6-7-22-16(13)17/h2-5,11H,6-8H2,1H3,(H,18,19)/t11-/m0/s1. The maximum Gasteiger partial charge on any atom is 0.304 e. The Morgan fingerprint density at radius 1 is 1.36 bits per heavy atom. The fourth-order valence-electron chi connectivity index (χ4n) is 2.90.